The molecule has 0 spiro atoms. The van der Waals surface area contributed by atoms with Crippen molar-refractivity contribution in [3.05, 3.63) is 138 Å². The topological polar surface area (TPSA) is 507 Å². The van der Waals surface area contributed by atoms with Gasteiger partial charge in [0.05, 0.1) is 32.0 Å². The maximum atomic E-state index is 14.5. The fourth-order valence-electron chi connectivity index (χ4n) is 9.99. The standard InChI is InChI=1S/C64H87N17O13/c1-36(2)25-48(59(90)76-46(19-12-24-72-64(69)70-3)58(89)77-47(56(68)87)28-38-15-8-5-9-16-38)75-55(86)34-71-33-41(26-37-13-6-4-7-14-37)74-63(94)52(35-82)81-62(93)51(31-54(67)85)80-60(91)49(29-40-32-73-45-18-11-10-17-43(40)45)79-61(92)50(30-53(66)84)78-57(88)44(65)27-39-20-22-42(83)23-21-39/h4-11,13-18,20-23,32,36,41,44,46-52,71,73,82-83H,12,19,24-31,33-35,65H2,1-3H3,(H2,66,84)(H2,67,85)(H2,68,87)(H,74,94)(H,75,86)(H,76,90)(H,77,89)(H,78,88)(H,79,92)(H,80,91)(H,81,93)(H3,69,70,72)/t41-,44+,46-,47-,48-,49-,50-,51-,52-/m0/s1. The van der Waals surface area contributed by atoms with Crippen molar-refractivity contribution in [3.63, 3.8) is 0 Å². The maximum absolute atomic E-state index is 14.5. The predicted octanol–water partition coefficient (Wildman–Crippen LogP) is -3.47. The molecule has 4 aromatic carbocycles. The van der Waals surface area contributed by atoms with Crippen LogP contribution in [-0.2, 0) is 78.4 Å². The van der Waals surface area contributed by atoms with E-state index < -0.39 is 145 Å². The number of H-pyrrole nitrogens is 1. The molecule has 0 fully saturated rings. The molecule has 1 heterocycles. The van der Waals surface area contributed by atoms with E-state index in [1.54, 1.807) is 91.1 Å². The third-order valence-electron chi connectivity index (χ3n) is 14.9. The molecule has 0 aliphatic carbocycles. The molecule has 0 aliphatic rings. The minimum atomic E-state index is -1.83. The van der Waals surface area contributed by atoms with E-state index in [1.165, 1.54) is 31.3 Å². The number of nitrogens with one attached hydrogen (secondary N) is 11. The number of amides is 11. The van der Waals surface area contributed by atoms with Crippen LogP contribution in [0, 0.1) is 5.92 Å². The molecule has 30 nitrogen and oxygen atoms in total. The Labute approximate surface area is 543 Å². The van der Waals surface area contributed by atoms with Crippen LogP contribution >= 0.6 is 0 Å². The lowest BCUT2D eigenvalue weighted by Gasteiger charge is -2.27. The number of para-hydroxylation sites is 1. The largest absolute Gasteiger partial charge is 0.508 e. The zero-order chi connectivity index (χ0) is 68.9. The summed E-state index contributed by atoms with van der Waals surface area (Å²) in [4.78, 5) is 156. The summed E-state index contributed by atoms with van der Waals surface area (Å²) in [5.41, 5.74) is 31.9. The van der Waals surface area contributed by atoms with Gasteiger partial charge in [-0.25, -0.2) is 0 Å². The Kier molecular flexibility index (Phi) is 29.8. The van der Waals surface area contributed by atoms with Crippen molar-refractivity contribution in [2.75, 3.05) is 33.3 Å². The molecule has 0 unspecified atom stereocenters. The van der Waals surface area contributed by atoms with Gasteiger partial charge in [0.2, 0.25) is 65.0 Å². The van der Waals surface area contributed by atoms with E-state index >= 15 is 0 Å². The average molecular weight is 1300 g/mol. The summed E-state index contributed by atoms with van der Waals surface area (Å²) in [7, 11) is 1.49. The number of hydrogen-bond acceptors (Lipinski definition) is 16. The Balaban J connectivity index is 1.28. The number of aliphatic hydroxyl groups is 1. The molecule has 23 N–H and O–H groups in total. The van der Waals surface area contributed by atoms with Crippen LogP contribution in [0.4, 0.5) is 0 Å². The van der Waals surface area contributed by atoms with Gasteiger partial charge >= 0.3 is 0 Å². The number of aliphatic hydroxyl groups excluding tert-OH is 1. The molecule has 1 aromatic heterocycles. The Morgan fingerprint density at radius 2 is 1.03 bits per heavy atom. The highest BCUT2D eigenvalue weighted by molar-refractivity contribution is 5.99. The first-order valence-corrected chi connectivity index (χ1v) is 30.5. The number of phenolic OH excluding ortho intramolecular Hbond substituents is 1. The number of fused-ring (bicyclic) bond motifs is 1. The molecule has 0 saturated carbocycles. The number of carbonyl (C=O) groups excluding carboxylic acids is 11. The molecule has 5 aromatic rings. The van der Waals surface area contributed by atoms with Gasteiger partial charge in [-0.3, -0.25) is 57.7 Å². The van der Waals surface area contributed by atoms with Crippen LogP contribution in [0.1, 0.15) is 68.2 Å². The van der Waals surface area contributed by atoms with Crippen LogP contribution < -0.4 is 81.8 Å². The van der Waals surface area contributed by atoms with Gasteiger partial charge in [0.1, 0.15) is 48.0 Å². The lowest BCUT2D eigenvalue weighted by molar-refractivity contribution is -0.136. The number of aromatic hydroxyl groups is 1. The van der Waals surface area contributed by atoms with Gasteiger partial charge in [0.15, 0.2) is 5.96 Å². The number of nitrogens with two attached hydrogens (primary N) is 5. The predicted molar refractivity (Wildman–Crippen MR) is 349 cm³/mol. The Hall–Kier alpha value is -10.5. The minimum Gasteiger partial charge on any atom is -0.508 e. The van der Waals surface area contributed by atoms with Gasteiger partial charge in [-0.15, -0.1) is 0 Å². The molecule has 0 radical (unpaired) electrons. The molecule has 30 heteroatoms. The van der Waals surface area contributed by atoms with E-state index in [1.807, 2.05) is 13.8 Å². The number of aromatic nitrogens is 1. The first kappa shape index (κ1) is 74.3. The summed E-state index contributed by atoms with van der Waals surface area (Å²) in [6.07, 6.45) is 0.427. The fraction of sp³-hybridized carbons (Fsp3) is 0.406. The van der Waals surface area contributed by atoms with Crippen molar-refractivity contribution < 1.29 is 63.0 Å². The molecule has 506 valence electrons. The Morgan fingerprint density at radius 3 is 1.62 bits per heavy atom. The van der Waals surface area contributed by atoms with E-state index in [9.17, 15) is 63.0 Å². The van der Waals surface area contributed by atoms with Crippen LogP contribution in [0.3, 0.4) is 0 Å². The third kappa shape index (κ3) is 25.3. The SMILES string of the molecule is CN=C(N)NCCC[C@H](NC(=O)[C@H](CC(C)C)NC(=O)CNC[C@H](Cc1ccccc1)NC(=O)[C@H](CO)NC(=O)[C@H](CC(N)=O)NC(=O)[C@H](Cc1c[nH]c2ccccc12)NC(=O)[C@H](CC(N)=O)NC(=O)[C@H](N)Cc1ccc(O)cc1)C(=O)N[C@@H](Cc1ccccc1)C(N)=O. The molecular formula is C64H87N17O13. The summed E-state index contributed by atoms with van der Waals surface area (Å²) in [6, 6.07) is 18.1. The molecule has 94 heavy (non-hydrogen) atoms. The maximum Gasteiger partial charge on any atom is 0.245 e. The number of guanidine groups is 1. The molecule has 0 aliphatic heterocycles. The van der Waals surface area contributed by atoms with Crippen molar-refractivity contribution >= 4 is 81.8 Å². The molecule has 0 bridgehead atoms. The Bertz CT molecular complexity index is 3410. The van der Waals surface area contributed by atoms with Crippen molar-refractivity contribution in [3.8, 4) is 5.75 Å². The Morgan fingerprint density at radius 1 is 0.532 bits per heavy atom. The van der Waals surface area contributed by atoms with Gasteiger partial charge in [0.25, 0.3) is 0 Å². The number of nitrogens with zero attached hydrogens (tertiary/aromatic N) is 1. The van der Waals surface area contributed by atoms with Crippen LogP contribution in [-0.4, -0.2) is 174 Å². The normalized spacial score (nSPS) is 14.2. The summed E-state index contributed by atoms with van der Waals surface area (Å²) in [5.74, 6) is -10.0. The molecule has 0 saturated heterocycles. The van der Waals surface area contributed by atoms with E-state index in [4.69, 9.17) is 28.7 Å². The number of aromatic amines is 1. The lowest BCUT2D eigenvalue weighted by Crippen LogP contribution is -2.61. The van der Waals surface area contributed by atoms with E-state index in [-0.39, 0.29) is 69.2 Å². The number of aliphatic imine (C=N–C) groups is 1. The highest BCUT2D eigenvalue weighted by Crippen LogP contribution is 2.20. The van der Waals surface area contributed by atoms with E-state index in [2.05, 4.69) is 63.1 Å². The summed E-state index contributed by atoms with van der Waals surface area (Å²) in [6.45, 7) is 2.43. The number of rotatable bonds is 39. The van der Waals surface area contributed by atoms with E-state index in [0.29, 0.717) is 28.5 Å². The zero-order valence-electron chi connectivity index (χ0n) is 52.7. The van der Waals surface area contributed by atoms with Crippen LogP contribution in [0.5, 0.6) is 5.75 Å². The second-order valence-corrected chi connectivity index (χ2v) is 23.0. The summed E-state index contributed by atoms with van der Waals surface area (Å²) in [5, 5.41) is 47.4. The first-order valence-electron chi connectivity index (χ1n) is 30.5. The molecule has 5 rings (SSSR count). The van der Waals surface area contributed by atoms with Gasteiger partial charge < -0.3 is 97.0 Å². The van der Waals surface area contributed by atoms with Crippen molar-refractivity contribution in [1.82, 2.24) is 58.2 Å². The van der Waals surface area contributed by atoms with Gasteiger partial charge in [0, 0.05) is 56.1 Å². The van der Waals surface area contributed by atoms with Gasteiger partial charge in [-0.05, 0) is 78.5 Å². The van der Waals surface area contributed by atoms with Crippen LogP contribution in [0.15, 0.2) is 120 Å². The highest BCUT2D eigenvalue weighted by Gasteiger charge is 2.35. The quantitative estimate of drug-likeness (QED) is 0.0103. The highest BCUT2D eigenvalue weighted by atomic mass is 16.3. The summed E-state index contributed by atoms with van der Waals surface area (Å²) >= 11 is 0. The van der Waals surface area contributed by atoms with E-state index in [0.717, 1.165) is 11.1 Å². The second-order valence-electron chi connectivity index (χ2n) is 23.0. The smallest absolute Gasteiger partial charge is 0.245 e. The second kappa shape index (κ2) is 37.8. The number of phenols is 1. The van der Waals surface area contributed by atoms with Crippen LogP contribution in [0.25, 0.3) is 10.9 Å². The average Bonchev–Trinajstić information content (AvgIpc) is 1.72. The number of carbonyl (C=O) groups is 11. The molecular weight excluding hydrogens is 1210 g/mol. The lowest BCUT2D eigenvalue weighted by atomic mass is 10.0. The van der Waals surface area contributed by atoms with Gasteiger partial charge in [-0.2, -0.15) is 0 Å². The third-order valence-corrected chi connectivity index (χ3v) is 14.9. The van der Waals surface area contributed by atoms with Crippen molar-refractivity contribution in [2.45, 2.75) is 126 Å². The summed E-state index contributed by atoms with van der Waals surface area (Å²) < 4.78 is 0. The monoisotopic (exact) mass is 1300 g/mol. The fourth-order valence-corrected chi connectivity index (χ4v) is 9.99. The molecule has 9 atom stereocenters. The van der Waals surface area contributed by atoms with Crippen LogP contribution in [0.2, 0.25) is 0 Å². The number of hydrogen-bond donors (Lipinski definition) is 18. The van der Waals surface area contributed by atoms with Crippen molar-refractivity contribution in [1.29, 1.82) is 0 Å². The first-order chi connectivity index (χ1) is 44.8. The van der Waals surface area contributed by atoms with Gasteiger partial charge in [-0.1, -0.05) is 105 Å². The number of benzene rings is 4. The number of primary amides is 3. The zero-order valence-corrected chi connectivity index (χ0v) is 52.7. The molecule has 11 amide bonds. The van der Waals surface area contributed by atoms with Crippen molar-refractivity contribution in [2.24, 2.45) is 39.6 Å². The minimum absolute atomic E-state index is 0.0237.